The number of benzene rings is 2. The highest BCUT2D eigenvalue weighted by atomic mass is 35.5. The Morgan fingerprint density at radius 1 is 1.18 bits per heavy atom. The number of aromatic nitrogens is 2. The maximum Gasteiger partial charge on any atom is 0.261 e. The first-order chi connectivity index (χ1) is 20.9. The topological polar surface area (TPSA) is 84.5 Å². The average Bonchev–Trinajstić information content (AvgIpc) is 2.98. The van der Waals surface area contributed by atoms with Crippen molar-refractivity contribution in [3.05, 3.63) is 93.0 Å². The fraction of sp³-hybridized carbons (Fsp3) is 0.324. The summed E-state index contributed by atoms with van der Waals surface area (Å²) in [7, 11) is 0. The Hall–Kier alpha value is -4.24. The molecule has 4 aromatic rings. The molecule has 10 heteroatoms. The second-order valence-corrected chi connectivity index (χ2v) is 12.5. The van der Waals surface area contributed by atoms with E-state index in [2.05, 4.69) is 16.5 Å². The molecule has 2 aromatic carbocycles. The SMILES string of the molecule is C=CC(=O)N1CC2CCc3c(c4cc(F)c(-c5cc(N)ccc5Cl)c(F)c4n(-c4c(C)ccnc4C(C)C)c3=O)N2CC1C. The number of pyridine rings is 2. The predicted molar refractivity (Wildman–Crippen MR) is 172 cm³/mol. The molecule has 2 aromatic heterocycles. The van der Waals surface area contributed by atoms with Crippen LogP contribution in [0, 0.1) is 18.6 Å². The van der Waals surface area contributed by atoms with Crippen LogP contribution in [0.1, 0.15) is 49.9 Å². The lowest BCUT2D eigenvalue weighted by atomic mass is 9.89. The largest absolute Gasteiger partial charge is 0.399 e. The van der Waals surface area contributed by atoms with E-state index in [-0.39, 0.29) is 56.5 Å². The molecule has 1 fully saturated rings. The lowest BCUT2D eigenvalue weighted by Gasteiger charge is -2.49. The third-order valence-corrected chi connectivity index (χ3v) is 9.25. The van der Waals surface area contributed by atoms with Crippen molar-refractivity contribution in [3.8, 4) is 16.8 Å². The van der Waals surface area contributed by atoms with Crippen LogP contribution in [0.5, 0.6) is 0 Å². The van der Waals surface area contributed by atoms with Crippen LogP contribution in [-0.4, -0.2) is 45.5 Å². The van der Waals surface area contributed by atoms with E-state index in [1.807, 2.05) is 27.7 Å². The van der Waals surface area contributed by atoms with Gasteiger partial charge >= 0.3 is 0 Å². The lowest BCUT2D eigenvalue weighted by molar-refractivity contribution is -0.129. The quantitative estimate of drug-likeness (QED) is 0.208. The van der Waals surface area contributed by atoms with Gasteiger partial charge in [-0.1, -0.05) is 32.0 Å². The molecule has 6 rings (SSSR count). The number of nitrogens with zero attached hydrogens (tertiary/aromatic N) is 4. The summed E-state index contributed by atoms with van der Waals surface area (Å²) in [5.41, 5.74) is 8.42. The molecule has 2 aliphatic rings. The minimum Gasteiger partial charge on any atom is -0.399 e. The summed E-state index contributed by atoms with van der Waals surface area (Å²) in [5.74, 6) is -1.99. The maximum absolute atomic E-state index is 17.2. The van der Waals surface area contributed by atoms with Gasteiger partial charge in [0.05, 0.1) is 28.1 Å². The van der Waals surface area contributed by atoms with Gasteiger partial charge in [0.1, 0.15) is 5.82 Å². The number of piperazine rings is 1. The van der Waals surface area contributed by atoms with Gasteiger partial charge in [-0.05, 0) is 74.6 Å². The van der Waals surface area contributed by atoms with Crippen molar-refractivity contribution < 1.29 is 13.6 Å². The molecule has 2 aliphatic heterocycles. The Bertz CT molecular complexity index is 1920. The second kappa shape index (κ2) is 11.0. The van der Waals surface area contributed by atoms with Crippen LogP contribution < -0.4 is 16.2 Å². The minimum atomic E-state index is -0.916. The van der Waals surface area contributed by atoms with Crippen molar-refractivity contribution >= 4 is 39.8 Å². The highest BCUT2D eigenvalue weighted by molar-refractivity contribution is 6.33. The Kier molecular flexibility index (Phi) is 7.48. The van der Waals surface area contributed by atoms with Crippen LogP contribution in [0.3, 0.4) is 0 Å². The van der Waals surface area contributed by atoms with E-state index in [9.17, 15) is 9.59 Å². The maximum atomic E-state index is 17.2. The Morgan fingerprint density at radius 3 is 2.64 bits per heavy atom. The summed E-state index contributed by atoms with van der Waals surface area (Å²) in [6.07, 6.45) is 3.96. The number of rotatable bonds is 4. The fourth-order valence-electron chi connectivity index (χ4n) is 6.84. The zero-order valence-corrected chi connectivity index (χ0v) is 25.9. The van der Waals surface area contributed by atoms with Crippen LogP contribution >= 0.6 is 11.6 Å². The van der Waals surface area contributed by atoms with Crippen molar-refractivity contribution in [2.24, 2.45) is 0 Å². The highest BCUT2D eigenvalue weighted by Gasteiger charge is 2.40. The summed E-state index contributed by atoms with van der Waals surface area (Å²) >= 11 is 6.46. The average molecular weight is 618 g/mol. The zero-order chi connectivity index (χ0) is 31.6. The van der Waals surface area contributed by atoms with E-state index in [0.29, 0.717) is 54.3 Å². The van der Waals surface area contributed by atoms with Crippen molar-refractivity contribution in [2.45, 2.75) is 58.5 Å². The molecule has 0 bridgehead atoms. The summed E-state index contributed by atoms with van der Waals surface area (Å²) in [6.45, 7) is 12.1. The fourth-order valence-corrected chi connectivity index (χ4v) is 7.05. The number of carbonyl (C=O) groups excluding carboxylic acids is 1. The molecule has 44 heavy (non-hydrogen) atoms. The van der Waals surface area contributed by atoms with Gasteiger partial charge in [-0.3, -0.25) is 19.1 Å². The van der Waals surface area contributed by atoms with E-state index in [4.69, 9.17) is 17.3 Å². The van der Waals surface area contributed by atoms with Crippen LogP contribution in [0.25, 0.3) is 27.7 Å². The Balaban J connectivity index is 1.74. The van der Waals surface area contributed by atoms with Gasteiger partial charge in [0.25, 0.3) is 5.56 Å². The van der Waals surface area contributed by atoms with Crippen molar-refractivity contribution in [1.82, 2.24) is 14.5 Å². The van der Waals surface area contributed by atoms with Gasteiger partial charge < -0.3 is 15.5 Å². The van der Waals surface area contributed by atoms with Crippen LogP contribution in [0.15, 0.2) is 54.0 Å². The molecule has 0 saturated carbocycles. The molecule has 4 heterocycles. The zero-order valence-electron chi connectivity index (χ0n) is 25.1. The van der Waals surface area contributed by atoms with Gasteiger partial charge in [0.15, 0.2) is 5.82 Å². The number of nitrogens with two attached hydrogens (primary N) is 1. The molecular weight excluding hydrogens is 584 g/mol. The van der Waals surface area contributed by atoms with Crippen molar-refractivity contribution in [3.63, 3.8) is 0 Å². The molecule has 2 unspecified atom stereocenters. The first-order valence-electron chi connectivity index (χ1n) is 14.7. The van der Waals surface area contributed by atoms with Crippen molar-refractivity contribution in [2.75, 3.05) is 23.7 Å². The summed E-state index contributed by atoms with van der Waals surface area (Å²) in [6, 6.07) is 7.21. The number of hydrogen-bond acceptors (Lipinski definition) is 5. The van der Waals surface area contributed by atoms with Gasteiger partial charge in [-0.2, -0.15) is 0 Å². The Morgan fingerprint density at radius 2 is 1.93 bits per heavy atom. The normalized spacial score (nSPS) is 18.0. The number of anilines is 2. The van der Waals surface area contributed by atoms with Crippen LogP contribution in [-0.2, 0) is 11.2 Å². The van der Waals surface area contributed by atoms with E-state index in [1.54, 1.807) is 23.2 Å². The molecule has 2 atom stereocenters. The van der Waals surface area contributed by atoms with Gasteiger partial charge in [0.2, 0.25) is 5.91 Å². The summed E-state index contributed by atoms with van der Waals surface area (Å²) in [4.78, 5) is 35.7. The third kappa shape index (κ3) is 4.56. The minimum absolute atomic E-state index is 0.0560. The third-order valence-electron chi connectivity index (χ3n) is 8.92. The van der Waals surface area contributed by atoms with Crippen LogP contribution in [0.2, 0.25) is 5.02 Å². The number of hydrogen-bond donors (Lipinski definition) is 1. The molecule has 1 amide bonds. The Labute approximate surface area is 259 Å². The first kappa shape index (κ1) is 29.8. The number of aryl methyl sites for hydroxylation is 1. The number of carbonyl (C=O) groups is 1. The molecule has 7 nitrogen and oxygen atoms in total. The molecule has 0 spiro atoms. The summed E-state index contributed by atoms with van der Waals surface area (Å²) in [5, 5.41) is 0.400. The van der Waals surface area contributed by atoms with Gasteiger partial charge in [0, 0.05) is 58.6 Å². The summed E-state index contributed by atoms with van der Waals surface area (Å²) < 4.78 is 34.8. The number of halogens is 3. The van der Waals surface area contributed by atoms with E-state index >= 15 is 8.78 Å². The highest BCUT2D eigenvalue weighted by Crippen LogP contribution is 2.44. The number of fused-ring (bicyclic) bond motifs is 5. The molecule has 0 radical (unpaired) electrons. The smallest absolute Gasteiger partial charge is 0.261 e. The van der Waals surface area contributed by atoms with Crippen LogP contribution in [0.4, 0.5) is 20.2 Å². The van der Waals surface area contributed by atoms with E-state index in [0.717, 1.165) is 5.56 Å². The van der Waals surface area contributed by atoms with E-state index < -0.39 is 11.6 Å². The number of nitrogen functional groups attached to an aromatic ring is 1. The molecule has 0 aliphatic carbocycles. The molecule has 1 saturated heterocycles. The first-order valence-corrected chi connectivity index (χ1v) is 15.1. The lowest BCUT2D eigenvalue weighted by Crippen LogP contribution is -2.60. The van der Waals surface area contributed by atoms with Crippen molar-refractivity contribution in [1.29, 1.82) is 0 Å². The molecule has 228 valence electrons. The van der Waals surface area contributed by atoms with E-state index in [1.165, 1.54) is 28.8 Å². The standard InChI is InChI=1S/C34H34ClF2N5O2/c1-6-27(43)40-16-21-8-9-22-32(41(21)15-19(40)5)24-14-26(36)28(23-13-20(38)7-10-25(23)35)29(37)33(24)42(34(22)44)31-18(4)11-12-39-30(31)17(2)3/h6-7,10-14,17,19,21H,1,8-9,15-16,38H2,2-5H3. The number of amides is 1. The predicted octanol–water partition coefficient (Wildman–Crippen LogP) is 6.54. The van der Waals surface area contributed by atoms with Gasteiger partial charge in [-0.15, -0.1) is 0 Å². The molecular formula is C34H34ClF2N5O2. The second-order valence-electron chi connectivity index (χ2n) is 12.1. The van der Waals surface area contributed by atoms with Gasteiger partial charge in [-0.25, -0.2) is 8.78 Å². The molecule has 2 N–H and O–H groups in total. The monoisotopic (exact) mass is 617 g/mol.